The summed E-state index contributed by atoms with van der Waals surface area (Å²) in [7, 11) is 0. The van der Waals surface area contributed by atoms with Crippen LogP contribution >= 0.6 is 0 Å². The number of rotatable bonds is 16. The lowest BCUT2D eigenvalue weighted by Crippen LogP contribution is -2.40. The molecule has 32 heavy (non-hydrogen) atoms. The first-order valence-electron chi connectivity index (χ1n) is 11.9. The van der Waals surface area contributed by atoms with Crippen LogP contribution in [0.5, 0.6) is 0 Å². The van der Waals surface area contributed by atoms with Gasteiger partial charge in [-0.1, -0.05) is 89.7 Å². The summed E-state index contributed by atoms with van der Waals surface area (Å²) in [5.74, 6) is -1.60. The van der Waals surface area contributed by atoms with Crippen LogP contribution in [-0.4, -0.2) is 24.5 Å². The van der Waals surface area contributed by atoms with E-state index in [0.717, 1.165) is 31.4 Å². The van der Waals surface area contributed by atoms with Crippen LogP contribution in [-0.2, 0) is 15.7 Å². The van der Waals surface area contributed by atoms with Crippen LogP contribution in [0, 0.1) is 0 Å². The number of nitrogens with one attached hydrogen (secondary N) is 1. The highest BCUT2D eigenvalue weighted by atomic mass is 19.4. The normalized spacial score (nSPS) is 12.4. The molecule has 4 nitrogen and oxygen atoms in total. The lowest BCUT2D eigenvalue weighted by atomic mass is 10.1. The molecule has 0 heterocycles. The van der Waals surface area contributed by atoms with Gasteiger partial charge in [0.25, 0.3) is 5.91 Å². The first-order chi connectivity index (χ1) is 15.3. The summed E-state index contributed by atoms with van der Waals surface area (Å²) in [5, 5.41) is 2.29. The maximum Gasteiger partial charge on any atom is 0.417 e. The number of alkyl halides is 3. The second kappa shape index (κ2) is 15.7. The minimum absolute atomic E-state index is 0.246. The van der Waals surface area contributed by atoms with Crippen molar-refractivity contribution in [3.8, 4) is 0 Å². The van der Waals surface area contributed by atoms with E-state index in [2.05, 4.69) is 12.2 Å². The van der Waals surface area contributed by atoms with Crippen molar-refractivity contribution in [1.29, 1.82) is 0 Å². The Labute approximate surface area is 190 Å². The summed E-state index contributed by atoms with van der Waals surface area (Å²) < 4.78 is 44.3. The first kappa shape index (κ1) is 28.0. The number of ether oxygens (including phenoxy) is 1. The maximum absolute atomic E-state index is 13.0. The minimum atomic E-state index is -4.65. The van der Waals surface area contributed by atoms with E-state index in [1.807, 2.05) is 0 Å². The van der Waals surface area contributed by atoms with E-state index in [1.54, 1.807) is 0 Å². The molecule has 0 saturated heterocycles. The van der Waals surface area contributed by atoms with E-state index in [-0.39, 0.29) is 6.61 Å². The number of amides is 1. The fourth-order valence-corrected chi connectivity index (χ4v) is 3.50. The first-order valence-corrected chi connectivity index (χ1v) is 11.9. The lowest BCUT2D eigenvalue weighted by molar-refractivity contribution is -0.145. The van der Waals surface area contributed by atoms with Gasteiger partial charge in [0, 0.05) is 0 Å². The highest BCUT2D eigenvalue weighted by Crippen LogP contribution is 2.31. The summed E-state index contributed by atoms with van der Waals surface area (Å²) in [6.45, 7) is 3.87. The molecular weight excluding hydrogens is 419 g/mol. The molecule has 1 unspecified atom stereocenters. The molecule has 0 aliphatic carbocycles. The molecule has 0 bridgehead atoms. The van der Waals surface area contributed by atoms with Gasteiger partial charge in [0.2, 0.25) is 0 Å². The van der Waals surface area contributed by atoms with Gasteiger partial charge in [-0.3, -0.25) is 4.79 Å². The Hall–Kier alpha value is -2.05. The summed E-state index contributed by atoms with van der Waals surface area (Å²) in [4.78, 5) is 24.2. The summed E-state index contributed by atoms with van der Waals surface area (Å²) in [5.41, 5.74) is -1.55. The molecule has 0 aromatic heterocycles. The van der Waals surface area contributed by atoms with Crippen molar-refractivity contribution in [2.75, 3.05) is 6.61 Å². The van der Waals surface area contributed by atoms with Gasteiger partial charge >= 0.3 is 12.1 Å². The van der Waals surface area contributed by atoms with E-state index in [9.17, 15) is 22.8 Å². The molecule has 0 aliphatic rings. The number of halogens is 3. The molecule has 0 fully saturated rings. The average molecular weight is 458 g/mol. The molecule has 1 rings (SSSR count). The predicted octanol–water partition coefficient (Wildman–Crippen LogP) is 7.07. The zero-order valence-electron chi connectivity index (χ0n) is 19.4. The zero-order chi connectivity index (χ0) is 23.8. The molecule has 1 amide bonds. The smallest absolute Gasteiger partial charge is 0.417 e. The van der Waals surface area contributed by atoms with Crippen LogP contribution in [0.4, 0.5) is 13.2 Å². The van der Waals surface area contributed by atoms with Crippen molar-refractivity contribution in [2.24, 2.45) is 0 Å². The van der Waals surface area contributed by atoms with Crippen LogP contribution in [0.25, 0.3) is 0 Å². The highest BCUT2D eigenvalue weighted by Gasteiger charge is 2.35. The van der Waals surface area contributed by atoms with E-state index in [0.29, 0.717) is 0 Å². The SMILES string of the molecule is CCCCCCCCCCCCCCOC(=O)C(C)NC(=O)c1ccccc1C(F)(F)F. The minimum Gasteiger partial charge on any atom is -0.464 e. The zero-order valence-corrected chi connectivity index (χ0v) is 19.4. The molecule has 0 aliphatic heterocycles. The highest BCUT2D eigenvalue weighted by molar-refractivity contribution is 5.98. The Bertz CT molecular complexity index is 677. The molecular formula is C25H38F3NO3. The second-order valence-corrected chi connectivity index (χ2v) is 8.30. The standard InChI is InChI=1S/C25H38F3NO3/c1-3-4-5-6-7-8-9-10-11-12-13-16-19-32-24(31)20(2)29-23(30)21-17-14-15-18-22(21)25(26,27)28/h14-15,17-18,20H,3-13,16,19H2,1-2H3,(H,29,30). The molecule has 182 valence electrons. The van der Waals surface area contributed by atoms with Gasteiger partial charge in [0.05, 0.1) is 17.7 Å². The van der Waals surface area contributed by atoms with Gasteiger partial charge in [0.1, 0.15) is 6.04 Å². The van der Waals surface area contributed by atoms with Crippen molar-refractivity contribution < 1.29 is 27.5 Å². The van der Waals surface area contributed by atoms with Gasteiger partial charge in [-0.2, -0.15) is 13.2 Å². The third-order valence-corrected chi connectivity index (χ3v) is 5.42. The van der Waals surface area contributed by atoms with Crippen molar-refractivity contribution in [3.05, 3.63) is 35.4 Å². The van der Waals surface area contributed by atoms with Gasteiger partial charge in [0.15, 0.2) is 0 Å². The monoisotopic (exact) mass is 457 g/mol. The maximum atomic E-state index is 13.0. The third kappa shape index (κ3) is 11.5. The number of benzene rings is 1. The fraction of sp³-hybridized carbons (Fsp3) is 0.680. The Morgan fingerprint density at radius 3 is 1.91 bits per heavy atom. The Kier molecular flexibility index (Phi) is 13.7. The number of hydrogen-bond acceptors (Lipinski definition) is 3. The Morgan fingerprint density at radius 1 is 0.875 bits per heavy atom. The van der Waals surface area contributed by atoms with Gasteiger partial charge in [-0.15, -0.1) is 0 Å². The van der Waals surface area contributed by atoms with Crippen LogP contribution in [0.3, 0.4) is 0 Å². The largest absolute Gasteiger partial charge is 0.464 e. The topological polar surface area (TPSA) is 55.4 Å². The quantitative estimate of drug-likeness (QED) is 0.213. The van der Waals surface area contributed by atoms with E-state index in [4.69, 9.17) is 4.74 Å². The van der Waals surface area contributed by atoms with Gasteiger partial charge < -0.3 is 10.1 Å². The van der Waals surface area contributed by atoms with Crippen LogP contribution in [0.1, 0.15) is 107 Å². The third-order valence-electron chi connectivity index (χ3n) is 5.42. The fourth-order valence-electron chi connectivity index (χ4n) is 3.50. The van der Waals surface area contributed by atoms with Gasteiger partial charge in [-0.05, 0) is 25.5 Å². The van der Waals surface area contributed by atoms with Crippen molar-refractivity contribution in [3.63, 3.8) is 0 Å². The average Bonchev–Trinajstić information content (AvgIpc) is 2.76. The van der Waals surface area contributed by atoms with E-state index in [1.165, 1.54) is 76.8 Å². The molecule has 1 aromatic carbocycles. The van der Waals surface area contributed by atoms with Crippen LogP contribution in [0.15, 0.2) is 24.3 Å². The molecule has 0 spiro atoms. The Morgan fingerprint density at radius 2 is 1.38 bits per heavy atom. The number of esters is 1. The summed E-state index contributed by atoms with van der Waals surface area (Å²) in [6, 6.07) is 3.46. The number of hydrogen-bond donors (Lipinski definition) is 1. The van der Waals surface area contributed by atoms with Crippen molar-refractivity contribution in [2.45, 2.75) is 103 Å². The van der Waals surface area contributed by atoms with E-state index >= 15 is 0 Å². The molecule has 1 N–H and O–H groups in total. The van der Waals surface area contributed by atoms with Crippen molar-refractivity contribution >= 4 is 11.9 Å². The van der Waals surface area contributed by atoms with Crippen LogP contribution < -0.4 is 5.32 Å². The summed E-state index contributed by atoms with van der Waals surface area (Å²) >= 11 is 0. The van der Waals surface area contributed by atoms with Gasteiger partial charge in [-0.25, -0.2) is 4.79 Å². The van der Waals surface area contributed by atoms with Crippen molar-refractivity contribution in [1.82, 2.24) is 5.32 Å². The van der Waals surface area contributed by atoms with Crippen LogP contribution in [0.2, 0.25) is 0 Å². The molecule has 7 heteroatoms. The summed E-state index contributed by atoms with van der Waals surface area (Å²) in [6.07, 6.45) is 9.75. The second-order valence-electron chi connectivity index (χ2n) is 8.30. The number of unbranched alkanes of at least 4 members (excludes halogenated alkanes) is 11. The molecule has 0 saturated carbocycles. The molecule has 0 radical (unpaired) electrons. The lowest BCUT2D eigenvalue weighted by Gasteiger charge is -2.16. The number of carbonyl (C=O) groups is 2. The Balaban J connectivity index is 2.16. The molecule has 1 aromatic rings. The molecule has 1 atom stereocenters. The predicted molar refractivity (Wildman–Crippen MR) is 120 cm³/mol. The number of carbonyl (C=O) groups excluding carboxylic acids is 2. The van der Waals surface area contributed by atoms with E-state index < -0.39 is 35.2 Å².